The number of nitrogens with one attached hydrogen (secondary N) is 1. The summed E-state index contributed by atoms with van der Waals surface area (Å²) in [5.74, 6) is 0.0223. The molecule has 1 unspecified atom stereocenters. The number of rotatable bonds is 6. The van der Waals surface area contributed by atoms with E-state index in [9.17, 15) is 18.0 Å². The average molecular weight is 515 g/mol. The van der Waals surface area contributed by atoms with Crippen LogP contribution in [0.15, 0.2) is 23.3 Å². The summed E-state index contributed by atoms with van der Waals surface area (Å²) in [5.41, 5.74) is 4.36. The molecule has 0 aliphatic carbocycles. The predicted molar refractivity (Wildman–Crippen MR) is 110 cm³/mol. The standard InChI is InChI=1S/C17H24F3N5O2.HI/c1-22-16(25-8-3-4-12(11-25)10-14(21)26)24-7-9-27-15-13(17(18,19)20)5-2-6-23-15;/h2,5-6,12H,3-4,7-11H2,1H3,(H2,21,26)(H,22,24);1H. The highest BCUT2D eigenvalue weighted by Crippen LogP contribution is 2.34. The van der Waals surface area contributed by atoms with Crippen LogP contribution in [0.4, 0.5) is 13.2 Å². The van der Waals surface area contributed by atoms with E-state index in [0.717, 1.165) is 25.5 Å². The summed E-state index contributed by atoms with van der Waals surface area (Å²) in [7, 11) is 1.63. The highest BCUT2D eigenvalue weighted by Gasteiger charge is 2.35. The van der Waals surface area contributed by atoms with Gasteiger partial charge in [0.05, 0.1) is 6.54 Å². The molecule has 7 nitrogen and oxygen atoms in total. The van der Waals surface area contributed by atoms with E-state index in [-0.39, 0.29) is 49.0 Å². The number of alkyl halides is 3. The molecule has 0 aromatic carbocycles. The summed E-state index contributed by atoms with van der Waals surface area (Å²) in [6.45, 7) is 1.70. The van der Waals surface area contributed by atoms with Crippen LogP contribution in [-0.2, 0) is 11.0 Å². The summed E-state index contributed by atoms with van der Waals surface area (Å²) in [5, 5.41) is 3.07. The Kier molecular flexibility index (Phi) is 9.76. The molecule has 158 valence electrons. The third kappa shape index (κ3) is 7.32. The van der Waals surface area contributed by atoms with E-state index in [0.29, 0.717) is 18.9 Å². The van der Waals surface area contributed by atoms with Crippen molar-refractivity contribution in [2.45, 2.75) is 25.4 Å². The number of aromatic nitrogens is 1. The number of carbonyl (C=O) groups is 1. The third-order valence-electron chi connectivity index (χ3n) is 4.22. The Labute approximate surface area is 178 Å². The Bertz CT molecular complexity index is 672. The first kappa shape index (κ1) is 24.2. The number of nitrogens with zero attached hydrogens (tertiary/aromatic N) is 3. The molecule has 1 saturated heterocycles. The number of nitrogens with two attached hydrogens (primary N) is 1. The fraction of sp³-hybridized carbons (Fsp3) is 0.588. The number of ether oxygens (including phenoxy) is 1. The summed E-state index contributed by atoms with van der Waals surface area (Å²) in [4.78, 5) is 21.0. The number of hydrogen-bond acceptors (Lipinski definition) is 4. The second-order valence-corrected chi connectivity index (χ2v) is 6.30. The van der Waals surface area contributed by atoms with Gasteiger partial charge in [0.2, 0.25) is 11.8 Å². The van der Waals surface area contributed by atoms with Gasteiger partial charge in [-0.3, -0.25) is 9.79 Å². The van der Waals surface area contributed by atoms with E-state index >= 15 is 0 Å². The Morgan fingerprint density at radius 3 is 2.89 bits per heavy atom. The number of guanidine groups is 1. The molecule has 11 heteroatoms. The lowest BCUT2D eigenvalue weighted by Gasteiger charge is -2.34. The van der Waals surface area contributed by atoms with Crippen LogP contribution in [0.2, 0.25) is 0 Å². The largest absolute Gasteiger partial charge is 0.475 e. The molecule has 2 heterocycles. The summed E-state index contributed by atoms with van der Waals surface area (Å²) in [6, 6.07) is 2.15. The zero-order valence-electron chi connectivity index (χ0n) is 15.5. The molecule has 1 aromatic rings. The minimum absolute atomic E-state index is 0. The molecular formula is C17H25F3IN5O2. The number of amides is 1. The van der Waals surface area contributed by atoms with E-state index in [1.165, 1.54) is 12.3 Å². The molecule has 1 aromatic heterocycles. The first-order valence-electron chi connectivity index (χ1n) is 8.70. The van der Waals surface area contributed by atoms with Gasteiger partial charge in [0, 0.05) is 32.8 Å². The van der Waals surface area contributed by atoms with E-state index in [1.807, 2.05) is 4.90 Å². The maximum absolute atomic E-state index is 12.9. The van der Waals surface area contributed by atoms with Crippen molar-refractivity contribution in [3.63, 3.8) is 0 Å². The molecule has 0 saturated carbocycles. The predicted octanol–water partition coefficient (Wildman–Crippen LogP) is 2.26. The molecule has 1 aliphatic heterocycles. The van der Waals surface area contributed by atoms with Gasteiger partial charge in [-0.25, -0.2) is 4.98 Å². The molecule has 0 spiro atoms. The third-order valence-corrected chi connectivity index (χ3v) is 4.22. The molecule has 1 amide bonds. The lowest BCUT2D eigenvalue weighted by molar-refractivity contribution is -0.139. The quantitative estimate of drug-likeness (QED) is 0.263. The van der Waals surface area contributed by atoms with Gasteiger partial charge in [0.25, 0.3) is 0 Å². The normalized spacial score (nSPS) is 17.6. The highest BCUT2D eigenvalue weighted by atomic mass is 127. The maximum Gasteiger partial charge on any atom is 0.421 e. The topological polar surface area (TPSA) is 92.8 Å². The van der Waals surface area contributed by atoms with Crippen LogP contribution in [0.5, 0.6) is 5.88 Å². The van der Waals surface area contributed by atoms with Gasteiger partial charge in [-0.05, 0) is 30.9 Å². The van der Waals surface area contributed by atoms with Crippen LogP contribution in [0.1, 0.15) is 24.8 Å². The first-order chi connectivity index (χ1) is 12.8. The van der Waals surface area contributed by atoms with Crippen molar-refractivity contribution in [3.8, 4) is 5.88 Å². The number of likely N-dealkylation sites (tertiary alicyclic amines) is 1. The van der Waals surface area contributed by atoms with Gasteiger partial charge >= 0.3 is 6.18 Å². The average Bonchev–Trinajstić information content (AvgIpc) is 2.61. The Hall–Kier alpha value is -1.79. The zero-order chi connectivity index (χ0) is 19.9. The van der Waals surface area contributed by atoms with Crippen molar-refractivity contribution in [2.75, 3.05) is 33.3 Å². The van der Waals surface area contributed by atoms with Crippen LogP contribution in [0.25, 0.3) is 0 Å². The Morgan fingerprint density at radius 2 is 2.25 bits per heavy atom. The van der Waals surface area contributed by atoms with Crippen molar-refractivity contribution in [1.29, 1.82) is 0 Å². The molecule has 1 fully saturated rings. The molecule has 2 rings (SSSR count). The molecule has 0 radical (unpaired) electrons. The minimum Gasteiger partial charge on any atom is -0.475 e. The molecule has 1 atom stereocenters. The number of aliphatic imine (C=N–C) groups is 1. The summed E-state index contributed by atoms with van der Waals surface area (Å²) >= 11 is 0. The van der Waals surface area contributed by atoms with Crippen LogP contribution in [-0.4, -0.2) is 55.0 Å². The number of halogens is 4. The summed E-state index contributed by atoms with van der Waals surface area (Å²) < 4.78 is 43.9. The monoisotopic (exact) mass is 515 g/mol. The second-order valence-electron chi connectivity index (χ2n) is 6.30. The second kappa shape index (κ2) is 11.3. The van der Waals surface area contributed by atoms with Crippen LogP contribution < -0.4 is 15.8 Å². The van der Waals surface area contributed by atoms with Gasteiger partial charge in [-0.2, -0.15) is 13.2 Å². The zero-order valence-corrected chi connectivity index (χ0v) is 17.9. The first-order valence-corrected chi connectivity index (χ1v) is 8.70. The number of primary amides is 1. The number of hydrogen-bond donors (Lipinski definition) is 2. The maximum atomic E-state index is 12.9. The van der Waals surface area contributed by atoms with Gasteiger partial charge in [-0.15, -0.1) is 24.0 Å². The number of pyridine rings is 1. The van der Waals surface area contributed by atoms with Crippen molar-refractivity contribution in [3.05, 3.63) is 23.9 Å². The van der Waals surface area contributed by atoms with Crippen molar-refractivity contribution in [2.24, 2.45) is 16.6 Å². The van der Waals surface area contributed by atoms with Crippen molar-refractivity contribution >= 4 is 35.8 Å². The SMILES string of the molecule is CN=C(NCCOc1ncccc1C(F)(F)F)N1CCCC(CC(N)=O)C1.I. The van der Waals surface area contributed by atoms with E-state index < -0.39 is 17.6 Å². The highest BCUT2D eigenvalue weighted by molar-refractivity contribution is 14.0. The fourth-order valence-electron chi connectivity index (χ4n) is 3.07. The van der Waals surface area contributed by atoms with Gasteiger partial charge in [-0.1, -0.05) is 0 Å². The van der Waals surface area contributed by atoms with E-state index in [2.05, 4.69) is 15.3 Å². The summed E-state index contributed by atoms with van der Waals surface area (Å²) in [6.07, 6.45) is -1.09. The van der Waals surface area contributed by atoms with Gasteiger partial charge < -0.3 is 20.7 Å². The Morgan fingerprint density at radius 1 is 1.50 bits per heavy atom. The molecule has 0 bridgehead atoms. The van der Waals surface area contributed by atoms with Crippen molar-refractivity contribution < 1.29 is 22.7 Å². The van der Waals surface area contributed by atoms with Gasteiger partial charge in [0.1, 0.15) is 12.2 Å². The van der Waals surface area contributed by atoms with Crippen molar-refractivity contribution in [1.82, 2.24) is 15.2 Å². The van der Waals surface area contributed by atoms with E-state index in [1.54, 1.807) is 7.05 Å². The molecule has 28 heavy (non-hydrogen) atoms. The number of piperidine rings is 1. The van der Waals surface area contributed by atoms with Crippen LogP contribution in [0, 0.1) is 5.92 Å². The number of carbonyl (C=O) groups excluding carboxylic acids is 1. The van der Waals surface area contributed by atoms with E-state index in [4.69, 9.17) is 10.5 Å². The van der Waals surface area contributed by atoms with Crippen LogP contribution >= 0.6 is 24.0 Å². The Balaban J connectivity index is 0.00000392. The van der Waals surface area contributed by atoms with Crippen LogP contribution in [0.3, 0.4) is 0 Å². The minimum atomic E-state index is -4.52. The lowest BCUT2D eigenvalue weighted by atomic mass is 9.95. The smallest absolute Gasteiger partial charge is 0.421 e. The molecule has 1 aliphatic rings. The molecular weight excluding hydrogens is 490 g/mol. The molecule has 3 N–H and O–H groups in total. The lowest BCUT2D eigenvalue weighted by Crippen LogP contribution is -2.48. The van der Waals surface area contributed by atoms with Gasteiger partial charge in [0.15, 0.2) is 5.96 Å². The fourth-order valence-corrected chi connectivity index (χ4v) is 3.07.